The van der Waals surface area contributed by atoms with Gasteiger partial charge in [-0.3, -0.25) is 0 Å². The van der Waals surface area contributed by atoms with E-state index >= 15 is 0 Å². The summed E-state index contributed by atoms with van der Waals surface area (Å²) in [6.45, 7) is 9.53. The van der Waals surface area contributed by atoms with Gasteiger partial charge in [0.25, 0.3) is 0 Å². The van der Waals surface area contributed by atoms with Crippen molar-refractivity contribution in [2.75, 3.05) is 4.90 Å². The van der Waals surface area contributed by atoms with Crippen LogP contribution in [-0.4, -0.2) is 4.57 Å². The van der Waals surface area contributed by atoms with Gasteiger partial charge in [-0.1, -0.05) is 155 Å². The van der Waals surface area contributed by atoms with Gasteiger partial charge in [0.05, 0.1) is 22.3 Å². The van der Waals surface area contributed by atoms with E-state index in [0.29, 0.717) is 0 Å². The summed E-state index contributed by atoms with van der Waals surface area (Å²) in [6, 6.07) is 62.9. The highest BCUT2D eigenvalue weighted by molar-refractivity contribution is 6.14. The normalized spacial score (nSPS) is 15.9. The van der Waals surface area contributed by atoms with Gasteiger partial charge in [-0.05, 0) is 100 Å². The molecule has 3 aliphatic rings. The number of benzene rings is 6. The van der Waals surface area contributed by atoms with Gasteiger partial charge in [-0.15, -0.1) is 0 Å². The van der Waals surface area contributed by atoms with Crippen LogP contribution in [0.1, 0.15) is 62.8 Å². The van der Waals surface area contributed by atoms with Crippen molar-refractivity contribution < 1.29 is 0 Å². The fourth-order valence-electron chi connectivity index (χ4n) is 10.3. The Morgan fingerprint density at radius 3 is 2.05 bits per heavy atom. The molecule has 3 aliphatic carbocycles. The molecule has 8 aromatic rings. The lowest BCUT2D eigenvalue weighted by Gasteiger charge is -2.34. The average molecular weight is 719 g/mol. The second kappa shape index (κ2) is 12.0. The number of fused-ring (bicyclic) bond motifs is 8. The fraction of sp³-hybridized carbons (Fsp3) is 0.148. The zero-order chi connectivity index (χ0) is 37.8. The Balaban J connectivity index is 1.18. The van der Waals surface area contributed by atoms with Crippen LogP contribution in [0.15, 0.2) is 169 Å². The molecule has 1 heterocycles. The Hall–Kier alpha value is -6.56. The lowest BCUT2D eigenvalue weighted by atomic mass is 9.78. The molecule has 0 saturated carbocycles. The van der Waals surface area contributed by atoms with Gasteiger partial charge in [-0.25, -0.2) is 0 Å². The summed E-state index contributed by atoms with van der Waals surface area (Å²) >= 11 is 0. The molecule has 0 fully saturated rings. The van der Waals surface area contributed by atoms with Gasteiger partial charge >= 0.3 is 0 Å². The molecular formula is C54H42N2. The Morgan fingerprint density at radius 2 is 1.23 bits per heavy atom. The molecule has 0 spiro atoms. The molecule has 11 rings (SSSR count). The minimum Gasteiger partial charge on any atom is -0.314 e. The molecule has 2 nitrogen and oxygen atoms in total. The Morgan fingerprint density at radius 1 is 0.571 bits per heavy atom. The van der Waals surface area contributed by atoms with E-state index < -0.39 is 0 Å². The van der Waals surface area contributed by atoms with Crippen LogP contribution in [0, 0.1) is 12.1 Å². The van der Waals surface area contributed by atoms with Crippen LogP contribution < -0.4 is 4.90 Å². The summed E-state index contributed by atoms with van der Waals surface area (Å²) in [4.78, 5) is 2.56. The number of nitrogens with zero attached hydrogens (tertiary/aromatic N) is 2. The number of rotatable bonds is 5. The van der Waals surface area contributed by atoms with Crippen LogP contribution in [0.5, 0.6) is 0 Å². The number of allylic oxidation sites excluding steroid dienone is 4. The van der Waals surface area contributed by atoms with E-state index in [1.54, 1.807) is 5.57 Å². The first kappa shape index (κ1) is 32.8. The van der Waals surface area contributed by atoms with Crippen molar-refractivity contribution >= 4 is 38.8 Å². The van der Waals surface area contributed by atoms with E-state index in [-0.39, 0.29) is 10.8 Å². The van der Waals surface area contributed by atoms with Crippen LogP contribution in [0.25, 0.3) is 55.3 Å². The lowest BCUT2D eigenvalue weighted by Crippen LogP contribution is -2.22. The maximum atomic E-state index is 3.67. The highest BCUT2D eigenvalue weighted by atomic mass is 15.2. The Bertz CT molecular complexity index is 2970. The quantitative estimate of drug-likeness (QED) is 0.172. The molecule has 0 bridgehead atoms. The molecule has 0 radical (unpaired) electrons. The molecule has 0 N–H and O–H groups in total. The number of aromatic nitrogens is 1. The molecule has 0 aliphatic heterocycles. The second-order valence-corrected chi connectivity index (χ2v) is 16.7. The molecule has 0 amide bonds. The fourth-order valence-corrected chi connectivity index (χ4v) is 10.3. The van der Waals surface area contributed by atoms with Crippen LogP contribution in [-0.2, 0) is 10.8 Å². The monoisotopic (exact) mass is 718 g/mol. The third kappa shape index (κ3) is 4.58. The van der Waals surface area contributed by atoms with Crippen molar-refractivity contribution in [1.29, 1.82) is 0 Å². The number of hydrogen-bond acceptors (Lipinski definition) is 1. The van der Waals surface area contributed by atoms with Crippen LogP contribution in [0.3, 0.4) is 0 Å². The Kier molecular flexibility index (Phi) is 7.02. The predicted octanol–water partition coefficient (Wildman–Crippen LogP) is 13.9. The van der Waals surface area contributed by atoms with Crippen molar-refractivity contribution in [3.8, 4) is 27.9 Å². The van der Waals surface area contributed by atoms with Crippen molar-refractivity contribution in [3.63, 3.8) is 0 Å². The topological polar surface area (TPSA) is 8.17 Å². The van der Waals surface area contributed by atoms with Gasteiger partial charge in [0.15, 0.2) is 0 Å². The van der Waals surface area contributed by atoms with Gasteiger partial charge < -0.3 is 9.47 Å². The van der Waals surface area contributed by atoms with E-state index in [1.807, 2.05) is 0 Å². The Labute approximate surface area is 329 Å². The summed E-state index contributed by atoms with van der Waals surface area (Å²) in [5.74, 6) is 0. The molecule has 268 valence electrons. The molecular weight excluding hydrogens is 677 g/mol. The van der Waals surface area contributed by atoms with E-state index in [9.17, 15) is 0 Å². The summed E-state index contributed by atoms with van der Waals surface area (Å²) in [6.07, 6.45) is 4.46. The highest BCUT2D eigenvalue weighted by Crippen LogP contribution is 2.54. The first-order valence-corrected chi connectivity index (χ1v) is 19.9. The average Bonchev–Trinajstić information content (AvgIpc) is 3.78. The van der Waals surface area contributed by atoms with Gasteiger partial charge in [0.1, 0.15) is 0 Å². The van der Waals surface area contributed by atoms with Crippen LogP contribution in [0.4, 0.5) is 11.4 Å². The van der Waals surface area contributed by atoms with E-state index in [1.165, 1.54) is 66.6 Å². The number of para-hydroxylation sites is 3. The van der Waals surface area contributed by atoms with Crippen molar-refractivity contribution in [1.82, 2.24) is 4.57 Å². The number of hydrogen-bond donors (Lipinski definition) is 0. The first-order chi connectivity index (χ1) is 27.3. The molecule has 0 atom stereocenters. The standard InChI is InChI=1S/C54H42N2/c1-53(2)46-25-12-8-19-38(46)44-33-36(29-31-48(44)53)55(37-30-32-49-45(34-37)39-20-9-13-26-47(39)54(49,3)4)50-27-14-10-21-40(50)42-23-16-24-43-41-22-11-15-28-51(41)56(52(42)43)35-17-6-5-7-18-35/h5-15,17-22,24-29,31,33-34H,30,32H2,1-4H3. The van der Waals surface area contributed by atoms with Crippen molar-refractivity contribution in [2.45, 2.75) is 51.4 Å². The van der Waals surface area contributed by atoms with E-state index in [2.05, 4.69) is 207 Å². The largest absolute Gasteiger partial charge is 0.314 e. The van der Waals surface area contributed by atoms with Gasteiger partial charge in [0.2, 0.25) is 0 Å². The third-order valence-corrected chi connectivity index (χ3v) is 13.0. The molecule has 7 aromatic carbocycles. The maximum absolute atomic E-state index is 3.67. The second-order valence-electron chi connectivity index (χ2n) is 16.7. The smallest absolute Gasteiger partial charge is 0.0711 e. The summed E-state index contributed by atoms with van der Waals surface area (Å²) < 4.78 is 2.41. The van der Waals surface area contributed by atoms with E-state index in [0.717, 1.165) is 40.9 Å². The van der Waals surface area contributed by atoms with E-state index in [4.69, 9.17) is 0 Å². The summed E-state index contributed by atoms with van der Waals surface area (Å²) in [5, 5.41) is 2.39. The van der Waals surface area contributed by atoms with Gasteiger partial charge in [0, 0.05) is 44.2 Å². The van der Waals surface area contributed by atoms with Crippen LogP contribution in [0.2, 0.25) is 0 Å². The summed E-state index contributed by atoms with van der Waals surface area (Å²) in [5.41, 5.74) is 20.3. The van der Waals surface area contributed by atoms with Crippen molar-refractivity contribution in [3.05, 3.63) is 203 Å². The minimum absolute atomic E-state index is 0.00481. The molecule has 0 saturated heterocycles. The number of anilines is 2. The van der Waals surface area contributed by atoms with Crippen LogP contribution >= 0.6 is 0 Å². The van der Waals surface area contributed by atoms with Gasteiger partial charge in [-0.2, -0.15) is 0 Å². The molecule has 2 heteroatoms. The lowest BCUT2D eigenvalue weighted by molar-refractivity contribution is 0.602. The maximum Gasteiger partial charge on any atom is 0.0711 e. The summed E-state index contributed by atoms with van der Waals surface area (Å²) in [7, 11) is 0. The highest BCUT2D eigenvalue weighted by Gasteiger charge is 2.40. The zero-order valence-electron chi connectivity index (χ0n) is 32.3. The molecule has 56 heavy (non-hydrogen) atoms. The zero-order valence-corrected chi connectivity index (χ0v) is 32.3. The van der Waals surface area contributed by atoms with Crippen molar-refractivity contribution in [2.24, 2.45) is 0 Å². The predicted molar refractivity (Wildman–Crippen MR) is 234 cm³/mol. The SMILES string of the molecule is CC1(C)C2=C(C=C(N(c3ccc4c(c3)-c3ccccc3C4(C)C)c3ccccc3-c3c#ccc4c5ccccc5n(-c5ccccc5)c34)CC2)c2ccccc21. The minimum atomic E-state index is -0.0680. The first-order valence-electron chi connectivity index (χ1n) is 19.9. The molecule has 0 unspecified atom stereocenters. The third-order valence-electron chi connectivity index (χ3n) is 13.0. The molecule has 1 aromatic heterocycles.